The summed E-state index contributed by atoms with van der Waals surface area (Å²) in [6.07, 6.45) is 1.58. The fourth-order valence-electron chi connectivity index (χ4n) is 4.18. The van der Waals surface area contributed by atoms with E-state index >= 15 is 0 Å². The summed E-state index contributed by atoms with van der Waals surface area (Å²) in [5, 5.41) is 14.4. The second-order valence-corrected chi connectivity index (χ2v) is 10.6. The van der Waals surface area contributed by atoms with Crippen LogP contribution in [-0.2, 0) is 19.1 Å². The van der Waals surface area contributed by atoms with Gasteiger partial charge < -0.3 is 30.7 Å². The van der Waals surface area contributed by atoms with Crippen LogP contribution in [0, 0.1) is 22.9 Å². The lowest BCUT2D eigenvalue weighted by Crippen LogP contribution is -2.54. The van der Waals surface area contributed by atoms with Gasteiger partial charge in [-0.1, -0.05) is 0 Å². The van der Waals surface area contributed by atoms with Crippen LogP contribution in [0.2, 0.25) is 0 Å². The van der Waals surface area contributed by atoms with E-state index < -0.39 is 53.5 Å². The molecule has 3 amide bonds. The predicted molar refractivity (Wildman–Crippen MR) is 155 cm³/mol. The zero-order chi connectivity index (χ0) is 31.5. The van der Waals surface area contributed by atoms with Gasteiger partial charge in [-0.3, -0.25) is 19.8 Å². The van der Waals surface area contributed by atoms with E-state index in [9.17, 15) is 27.6 Å². The molecule has 43 heavy (non-hydrogen) atoms. The Labute approximate surface area is 250 Å². The van der Waals surface area contributed by atoms with Crippen molar-refractivity contribution in [2.75, 3.05) is 46.6 Å². The number of likely N-dealkylation sites (N-methyl/N-ethyl adjacent to an activating group) is 1. The van der Waals surface area contributed by atoms with Gasteiger partial charge in [-0.05, 0) is 37.0 Å². The first kappa shape index (κ1) is 33.6. The Bertz CT molecular complexity index is 1380. The van der Waals surface area contributed by atoms with Gasteiger partial charge in [0.2, 0.25) is 11.8 Å². The summed E-state index contributed by atoms with van der Waals surface area (Å²) in [6.45, 7) is 1.74. The van der Waals surface area contributed by atoms with Crippen LogP contribution in [0.1, 0.15) is 23.8 Å². The number of amidine groups is 1. The highest BCUT2D eigenvalue weighted by molar-refractivity contribution is 8.03. The number of rotatable bonds is 15. The van der Waals surface area contributed by atoms with Crippen LogP contribution in [0.15, 0.2) is 41.4 Å². The topological polar surface area (TPSA) is 160 Å². The van der Waals surface area contributed by atoms with Crippen LogP contribution in [0.4, 0.5) is 13.2 Å². The molecule has 0 radical (unpaired) electrons. The quantitative estimate of drug-likeness (QED) is 0.134. The molecule has 2 heterocycles. The lowest BCUT2D eigenvalue weighted by molar-refractivity contribution is -0.142. The van der Waals surface area contributed by atoms with Gasteiger partial charge >= 0.3 is 0 Å². The summed E-state index contributed by atoms with van der Waals surface area (Å²) in [5.41, 5.74) is 5.48. The smallest absolute Gasteiger partial charge is 0.273 e. The van der Waals surface area contributed by atoms with E-state index in [1.165, 1.54) is 23.8 Å². The predicted octanol–water partition coefficient (Wildman–Crippen LogP) is 2.22. The van der Waals surface area contributed by atoms with Gasteiger partial charge in [0.25, 0.3) is 5.91 Å². The van der Waals surface area contributed by atoms with Crippen molar-refractivity contribution in [2.24, 2.45) is 5.73 Å². The molecule has 0 saturated carbocycles. The SMILES string of the molecule is CCN(C(=O)CNC(=O)c1ncc(-c2ccc(F)cc2F)cc1F)C(COCCOC)C(=O)NCC1CC(C(=N)N)=CS1. The second-order valence-electron chi connectivity index (χ2n) is 9.39. The number of halogens is 3. The highest BCUT2D eigenvalue weighted by Gasteiger charge is 2.30. The zero-order valence-electron chi connectivity index (χ0n) is 23.6. The Balaban J connectivity index is 1.64. The standard InChI is InChI=1S/C28H33F3N6O5S/c1-3-37(23(14-42-7-6-41-2)27(39)35-12-19-8-17(15-43-19)26(32)33)24(38)13-36-28(40)25-22(31)9-16(11-34-25)20-5-4-18(29)10-21(20)30/h4-5,9-11,15,19,23H,3,6-8,12-14H2,1-2H3,(H3,32,33)(H,35,39)(H,36,40). The molecule has 0 saturated heterocycles. The van der Waals surface area contributed by atoms with Crippen molar-refractivity contribution in [1.82, 2.24) is 20.5 Å². The van der Waals surface area contributed by atoms with E-state index in [0.717, 1.165) is 24.4 Å². The van der Waals surface area contributed by atoms with Crippen LogP contribution < -0.4 is 16.4 Å². The van der Waals surface area contributed by atoms with Crippen molar-refractivity contribution < 1.29 is 37.0 Å². The van der Waals surface area contributed by atoms with Crippen LogP contribution >= 0.6 is 11.8 Å². The van der Waals surface area contributed by atoms with Crippen LogP contribution in [-0.4, -0.2) is 91.3 Å². The Morgan fingerprint density at radius 2 is 1.95 bits per heavy atom. The van der Waals surface area contributed by atoms with Gasteiger partial charge in [0.05, 0.1) is 26.4 Å². The molecule has 3 rings (SSSR count). The number of thioether (sulfide) groups is 1. The minimum Gasteiger partial charge on any atom is -0.384 e. The number of carbonyl (C=O) groups excluding carboxylic acids is 3. The summed E-state index contributed by atoms with van der Waals surface area (Å²) in [4.78, 5) is 44.0. The van der Waals surface area contributed by atoms with E-state index in [-0.39, 0.29) is 55.1 Å². The van der Waals surface area contributed by atoms with Crippen LogP contribution in [0.3, 0.4) is 0 Å². The third kappa shape index (κ3) is 9.27. The normalized spacial score (nSPS) is 15.0. The number of methoxy groups -OCH3 is 1. The Hall–Kier alpha value is -3.95. The molecule has 1 aliphatic heterocycles. The average molecular weight is 623 g/mol. The summed E-state index contributed by atoms with van der Waals surface area (Å²) in [7, 11) is 1.49. The van der Waals surface area contributed by atoms with Crippen molar-refractivity contribution in [3.8, 4) is 11.1 Å². The lowest BCUT2D eigenvalue weighted by atomic mass is 10.1. The van der Waals surface area contributed by atoms with E-state index in [1.807, 2.05) is 0 Å². The molecule has 0 bridgehead atoms. The minimum absolute atomic E-state index is 0.00795. The van der Waals surface area contributed by atoms with Crippen molar-refractivity contribution in [3.05, 3.63) is 64.6 Å². The molecular formula is C28H33F3N6O5S. The zero-order valence-corrected chi connectivity index (χ0v) is 24.4. The number of aromatic nitrogens is 1. The highest BCUT2D eigenvalue weighted by atomic mass is 32.2. The third-order valence-electron chi connectivity index (χ3n) is 6.45. The van der Waals surface area contributed by atoms with Crippen molar-refractivity contribution >= 4 is 35.3 Å². The van der Waals surface area contributed by atoms with Crippen molar-refractivity contribution in [1.29, 1.82) is 5.41 Å². The Kier molecular flexibility index (Phi) is 12.5. The van der Waals surface area contributed by atoms with E-state index in [2.05, 4.69) is 15.6 Å². The molecule has 0 spiro atoms. The molecule has 1 aliphatic rings. The molecular weight excluding hydrogens is 589 g/mol. The number of hydrogen-bond acceptors (Lipinski definition) is 8. The first-order chi connectivity index (χ1) is 20.5. The van der Waals surface area contributed by atoms with Gasteiger partial charge in [0.15, 0.2) is 11.5 Å². The molecule has 1 aromatic heterocycles. The summed E-state index contributed by atoms with van der Waals surface area (Å²) in [6, 6.07) is 2.61. The van der Waals surface area contributed by atoms with Gasteiger partial charge in [0, 0.05) is 54.4 Å². The molecule has 11 nitrogen and oxygen atoms in total. The van der Waals surface area contributed by atoms with Crippen LogP contribution in [0.25, 0.3) is 11.1 Å². The molecule has 232 valence electrons. The van der Waals surface area contributed by atoms with Crippen LogP contribution in [0.5, 0.6) is 0 Å². The molecule has 2 aromatic rings. The molecule has 2 unspecified atom stereocenters. The number of nitrogens with two attached hydrogens (primary N) is 1. The van der Waals surface area contributed by atoms with Gasteiger partial charge in [-0.15, -0.1) is 11.8 Å². The molecule has 0 aliphatic carbocycles. The maximum atomic E-state index is 14.7. The molecule has 1 aromatic carbocycles. The van der Waals surface area contributed by atoms with Gasteiger partial charge in [-0.2, -0.15) is 0 Å². The number of hydrogen-bond donors (Lipinski definition) is 4. The maximum Gasteiger partial charge on any atom is 0.273 e. The van der Waals surface area contributed by atoms with Gasteiger partial charge in [0.1, 0.15) is 23.5 Å². The Morgan fingerprint density at radius 3 is 2.58 bits per heavy atom. The first-order valence-electron chi connectivity index (χ1n) is 13.3. The minimum atomic E-state index is -1.07. The third-order valence-corrected chi connectivity index (χ3v) is 7.59. The Morgan fingerprint density at radius 1 is 1.19 bits per heavy atom. The monoisotopic (exact) mass is 622 g/mol. The average Bonchev–Trinajstić information content (AvgIpc) is 3.46. The lowest BCUT2D eigenvalue weighted by Gasteiger charge is -2.30. The van der Waals surface area contributed by atoms with E-state index in [0.29, 0.717) is 18.1 Å². The number of carbonyl (C=O) groups is 3. The highest BCUT2D eigenvalue weighted by Crippen LogP contribution is 2.29. The second kappa shape index (κ2) is 16.0. The molecule has 0 fully saturated rings. The van der Waals surface area contributed by atoms with E-state index in [1.54, 1.807) is 12.3 Å². The molecule has 2 atom stereocenters. The fourth-order valence-corrected chi connectivity index (χ4v) is 5.21. The van der Waals surface area contributed by atoms with Crippen molar-refractivity contribution in [3.63, 3.8) is 0 Å². The number of amides is 3. The summed E-state index contributed by atoms with van der Waals surface area (Å²) >= 11 is 1.44. The summed E-state index contributed by atoms with van der Waals surface area (Å²) < 4.78 is 52.6. The molecule has 5 N–H and O–H groups in total. The maximum absolute atomic E-state index is 14.7. The van der Waals surface area contributed by atoms with Crippen molar-refractivity contribution in [2.45, 2.75) is 24.6 Å². The first-order valence-corrected chi connectivity index (χ1v) is 14.2. The number of ether oxygens (including phenoxy) is 2. The van der Waals surface area contributed by atoms with E-state index in [4.69, 9.17) is 20.6 Å². The number of nitrogens with one attached hydrogen (secondary N) is 3. The number of pyridine rings is 1. The number of benzene rings is 1. The fraction of sp³-hybridized carbons (Fsp3) is 0.393. The number of nitrogens with zero attached hydrogens (tertiary/aromatic N) is 2. The van der Waals surface area contributed by atoms with Gasteiger partial charge in [-0.25, -0.2) is 18.2 Å². The summed E-state index contributed by atoms with van der Waals surface area (Å²) in [5.74, 6) is -4.94. The largest absolute Gasteiger partial charge is 0.384 e. The molecule has 15 heteroatoms.